The smallest absolute Gasteiger partial charge is 0.122 e. The molecular formula is C61H56O8. The van der Waals surface area contributed by atoms with Crippen molar-refractivity contribution in [1.82, 2.24) is 0 Å². The molecule has 0 aromatic heterocycles. The van der Waals surface area contributed by atoms with E-state index in [0.29, 0.717) is 6.42 Å². The summed E-state index contributed by atoms with van der Waals surface area (Å²) in [7, 11) is 13.5. The van der Waals surface area contributed by atoms with Crippen LogP contribution in [0.5, 0.6) is 46.0 Å². The molecule has 0 aliphatic heterocycles. The lowest BCUT2D eigenvalue weighted by Crippen LogP contribution is -2.03. The highest BCUT2D eigenvalue weighted by Gasteiger charge is 2.22. The zero-order valence-electron chi connectivity index (χ0n) is 40.3. The fourth-order valence-corrected chi connectivity index (χ4v) is 8.72. The van der Waals surface area contributed by atoms with Crippen molar-refractivity contribution >= 4 is 22.3 Å². The number of rotatable bonds is 18. The minimum absolute atomic E-state index is 0.487. The number of hydrogen-bond donors (Lipinski definition) is 0. The highest BCUT2D eigenvalue weighted by atomic mass is 16.5. The summed E-state index contributed by atoms with van der Waals surface area (Å²) >= 11 is 0. The Morgan fingerprint density at radius 3 is 0.609 bits per heavy atom. The van der Waals surface area contributed by atoms with Crippen molar-refractivity contribution in [3.05, 3.63) is 238 Å². The van der Waals surface area contributed by atoms with Crippen molar-refractivity contribution in [3.63, 3.8) is 0 Å². The maximum atomic E-state index is 6.16. The van der Waals surface area contributed by atoms with Crippen LogP contribution in [0.1, 0.15) is 55.6 Å². The Morgan fingerprint density at radius 1 is 0.232 bits per heavy atom. The first-order valence-corrected chi connectivity index (χ1v) is 22.5. The van der Waals surface area contributed by atoms with Gasteiger partial charge in [0.25, 0.3) is 0 Å². The van der Waals surface area contributed by atoms with Crippen molar-refractivity contribution in [2.24, 2.45) is 0 Å². The average Bonchev–Trinajstić information content (AvgIpc) is 3.42. The monoisotopic (exact) mass is 916 g/mol. The molecule has 0 N–H and O–H groups in total. The zero-order chi connectivity index (χ0) is 48.3. The summed E-state index contributed by atoms with van der Waals surface area (Å²) in [6.45, 7) is 0. The van der Waals surface area contributed by atoms with Gasteiger partial charge < -0.3 is 37.9 Å². The maximum absolute atomic E-state index is 6.16. The number of ether oxygens (including phenoxy) is 8. The summed E-state index contributed by atoms with van der Waals surface area (Å²) in [6, 6.07) is 62.0. The van der Waals surface area contributed by atoms with Gasteiger partial charge in [0.15, 0.2) is 0 Å². The lowest BCUT2D eigenvalue weighted by atomic mass is 9.84. The highest BCUT2D eigenvalue weighted by Crippen LogP contribution is 2.43. The molecule has 8 aromatic carbocycles. The first-order chi connectivity index (χ1) is 33.8. The van der Waals surface area contributed by atoms with Gasteiger partial charge in [0.1, 0.15) is 46.0 Å². The molecule has 0 saturated carbocycles. The van der Waals surface area contributed by atoms with Crippen molar-refractivity contribution in [1.29, 1.82) is 0 Å². The van der Waals surface area contributed by atoms with Gasteiger partial charge in [0.2, 0.25) is 0 Å². The van der Waals surface area contributed by atoms with E-state index in [0.717, 1.165) is 124 Å². The third-order valence-corrected chi connectivity index (χ3v) is 12.3. The minimum atomic E-state index is 0.487. The SMILES string of the molecule is COc1ccc(C(=C(c2ccc(OC)cc2)c2ccc(OC)c(Cc3cc(C(=C(c4ccc(OC)cc4)c4ccc(OC)cc4)c4ccc(OC)cc4)ccc3OC)c2)c2ccc(OC)cc2)cc1. The van der Waals surface area contributed by atoms with Crippen molar-refractivity contribution in [2.75, 3.05) is 56.9 Å². The molecular weight excluding hydrogens is 861 g/mol. The van der Waals surface area contributed by atoms with Gasteiger partial charge in [0.05, 0.1) is 56.9 Å². The van der Waals surface area contributed by atoms with E-state index in [9.17, 15) is 0 Å². The standard InChI is InChI=1S/C61H56O8/c1-62-50-23-9-40(10-24-50)58(41-11-25-51(63-2)26-12-41)60(44-17-31-54(66-5)32-18-44)46-21-35-56(68-7)48(37-46)39-49-38-47(22-36-57(49)69-8)61(45-19-33-55(67-6)34-20-45)59(42-13-27-52(64-3)28-14-42)43-15-29-53(65-4)30-16-43/h9-38H,39H2,1-8H3. The summed E-state index contributed by atoms with van der Waals surface area (Å²) in [5, 5.41) is 0. The lowest BCUT2D eigenvalue weighted by Gasteiger charge is -2.21. The van der Waals surface area contributed by atoms with E-state index in [-0.39, 0.29) is 0 Å². The third-order valence-electron chi connectivity index (χ3n) is 12.3. The van der Waals surface area contributed by atoms with Gasteiger partial charge in [-0.25, -0.2) is 0 Å². The van der Waals surface area contributed by atoms with Crippen LogP contribution >= 0.6 is 0 Å². The van der Waals surface area contributed by atoms with Crippen LogP contribution in [0.4, 0.5) is 0 Å². The summed E-state index contributed by atoms with van der Waals surface area (Å²) in [4.78, 5) is 0. The molecule has 8 nitrogen and oxygen atoms in total. The molecule has 0 atom stereocenters. The minimum Gasteiger partial charge on any atom is -0.497 e. The molecule has 0 unspecified atom stereocenters. The number of methoxy groups -OCH3 is 8. The third kappa shape index (κ3) is 10.5. The Bertz CT molecular complexity index is 2730. The molecule has 348 valence electrons. The van der Waals surface area contributed by atoms with E-state index < -0.39 is 0 Å². The second-order valence-electron chi connectivity index (χ2n) is 16.1. The summed E-state index contributed by atoms with van der Waals surface area (Å²) in [6.07, 6.45) is 0.487. The van der Waals surface area contributed by atoms with E-state index in [4.69, 9.17) is 37.9 Å². The van der Waals surface area contributed by atoms with Gasteiger partial charge in [-0.1, -0.05) is 84.9 Å². The molecule has 0 amide bonds. The van der Waals surface area contributed by atoms with Crippen LogP contribution in [0.15, 0.2) is 182 Å². The van der Waals surface area contributed by atoms with Crippen molar-refractivity contribution in [3.8, 4) is 46.0 Å². The Kier molecular flexibility index (Phi) is 15.0. The first-order valence-electron chi connectivity index (χ1n) is 22.5. The predicted octanol–water partition coefficient (Wildman–Crippen LogP) is 13.4. The molecule has 8 aromatic rings. The molecule has 0 heterocycles. The van der Waals surface area contributed by atoms with Crippen LogP contribution in [0.25, 0.3) is 22.3 Å². The average molecular weight is 917 g/mol. The predicted molar refractivity (Wildman–Crippen MR) is 277 cm³/mol. The molecule has 0 bridgehead atoms. The summed E-state index contributed by atoms with van der Waals surface area (Å²) in [5.74, 6) is 6.11. The quantitative estimate of drug-likeness (QED) is 0.0788. The second kappa shape index (κ2) is 22.0. The normalized spacial score (nSPS) is 10.7. The van der Waals surface area contributed by atoms with Gasteiger partial charge in [-0.15, -0.1) is 0 Å². The number of benzene rings is 8. The van der Waals surface area contributed by atoms with Crippen LogP contribution in [0, 0.1) is 0 Å². The molecule has 8 heteroatoms. The second-order valence-corrected chi connectivity index (χ2v) is 16.1. The van der Waals surface area contributed by atoms with Gasteiger partial charge in [-0.05, 0) is 175 Å². The zero-order valence-corrected chi connectivity index (χ0v) is 40.3. The van der Waals surface area contributed by atoms with Gasteiger partial charge in [0, 0.05) is 6.42 Å². The molecule has 0 aliphatic carbocycles. The van der Waals surface area contributed by atoms with E-state index >= 15 is 0 Å². The fraction of sp³-hybridized carbons (Fsp3) is 0.148. The lowest BCUT2D eigenvalue weighted by molar-refractivity contribution is 0.405. The Balaban J connectivity index is 1.36. The van der Waals surface area contributed by atoms with Crippen LogP contribution in [0.3, 0.4) is 0 Å². The van der Waals surface area contributed by atoms with E-state index in [1.54, 1.807) is 56.9 Å². The molecule has 0 aliphatic rings. The van der Waals surface area contributed by atoms with E-state index in [2.05, 4.69) is 109 Å². The topological polar surface area (TPSA) is 73.8 Å². The van der Waals surface area contributed by atoms with Crippen LogP contribution in [0.2, 0.25) is 0 Å². The fourth-order valence-electron chi connectivity index (χ4n) is 8.72. The largest absolute Gasteiger partial charge is 0.497 e. The molecule has 8 rings (SSSR count). The Labute approximate surface area is 405 Å². The van der Waals surface area contributed by atoms with Crippen LogP contribution < -0.4 is 37.9 Å². The van der Waals surface area contributed by atoms with E-state index in [1.807, 2.05) is 72.8 Å². The molecule has 0 radical (unpaired) electrons. The van der Waals surface area contributed by atoms with Gasteiger partial charge >= 0.3 is 0 Å². The van der Waals surface area contributed by atoms with Crippen molar-refractivity contribution < 1.29 is 37.9 Å². The summed E-state index contributed by atoms with van der Waals surface area (Å²) < 4.78 is 46.0. The maximum Gasteiger partial charge on any atom is 0.122 e. The Morgan fingerprint density at radius 2 is 0.420 bits per heavy atom. The van der Waals surface area contributed by atoms with Crippen LogP contribution in [-0.2, 0) is 6.42 Å². The molecule has 0 fully saturated rings. The first kappa shape index (κ1) is 47.1. The van der Waals surface area contributed by atoms with Gasteiger partial charge in [-0.3, -0.25) is 0 Å². The molecule has 69 heavy (non-hydrogen) atoms. The highest BCUT2D eigenvalue weighted by molar-refractivity contribution is 6.06. The van der Waals surface area contributed by atoms with Gasteiger partial charge in [-0.2, -0.15) is 0 Å². The molecule has 0 saturated heterocycles. The Hall–Kier alpha value is -8.36. The summed E-state index contributed by atoms with van der Waals surface area (Å²) in [5.41, 5.74) is 14.1. The van der Waals surface area contributed by atoms with E-state index in [1.165, 1.54) is 0 Å². The van der Waals surface area contributed by atoms with Crippen molar-refractivity contribution in [2.45, 2.75) is 6.42 Å². The van der Waals surface area contributed by atoms with Crippen LogP contribution in [-0.4, -0.2) is 56.9 Å². The molecule has 0 spiro atoms. The number of hydrogen-bond acceptors (Lipinski definition) is 8.